The van der Waals surface area contributed by atoms with Gasteiger partial charge in [0.25, 0.3) is 0 Å². The van der Waals surface area contributed by atoms with E-state index in [2.05, 4.69) is 5.32 Å². The second-order valence-corrected chi connectivity index (χ2v) is 9.66. The van der Waals surface area contributed by atoms with E-state index in [1.54, 1.807) is 0 Å². The van der Waals surface area contributed by atoms with E-state index >= 15 is 0 Å². The molecule has 178 valence electrons. The van der Waals surface area contributed by atoms with E-state index in [1.165, 1.54) is 58.7 Å². The zero-order valence-corrected chi connectivity index (χ0v) is 20.0. The van der Waals surface area contributed by atoms with Gasteiger partial charge in [0, 0.05) is 11.7 Å². The minimum Gasteiger partial charge on any atom is -0.351 e. The minimum absolute atomic E-state index is 0.00910. The lowest BCUT2D eigenvalue weighted by molar-refractivity contribution is -0.127. The Balaban J connectivity index is 1.76. The predicted octanol–water partition coefficient (Wildman–Crippen LogP) is 6.45. The Morgan fingerprint density at radius 3 is 2.44 bits per heavy atom. The van der Waals surface area contributed by atoms with Gasteiger partial charge in [0.2, 0.25) is 11.8 Å². The number of rotatable bonds is 7. The molecular weight excluding hydrogens is 478 g/mol. The van der Waals surface area contributed by atoms with Crippen LogP contribution in [0.2, 0.25) is 5.02 Å². The van der Waals surface area contributed by atoms with E-state index in [-0.39, 0.29) is 29.3 Å². The van der Waals surface area contributed by atoms with Gasteiger partial charge in [-0.1, -0.05) is 43.0 Å². The molecule has 0 spiro atoms. The zero-order valence-electron chi connectivity index (χ0n) is 18.5. The van der Waals surface area contributed by atoms with E-state index in [1.807, 2.05) is 16.8 Å². The van der Waals surface area contributed by atoms with E-state index < -0.39 is 17.7 Å². The summed E-state index contributed by atoms with van der Waals surface area (Å²) in [5.41, 5.74) is 1.55. The highest BCUT2D eigenvalue weighted by Crippen LogP contribution is 2.32. The molecular formula is C26H25ClF2N2O2S. The minimum atomic E-state index is -1.07. The van der Waals surface area contributed by atoms with E-state index in [0.29, 0.717) is 11.3 Å². The van der Waals surface area contributed by atoms with Gasteiger partial charge in [-0.2, -0.15) is 11.3 Å². The molecule has 4 rings (SSSR count). The molecule has 0 saturated heterocycles. The van der Waals surface area contributed by atoms with E-state index in [0.717, 1.165) is 37.7 Å². The maximum atomic E-state index is 13.9. The molecule has 8 heteroatoms. The summed E-state index contributed by atoms with van der Waals surface area (Å²) < 4.78 is 27.7. The van der Waals surface area contributed by atoms with Crippen LogP contribution in [0.15, 0.2) is 59.3 Å². The summed E-state index contributed by atoms with van der Waals surface area (Å²) in [6.07, 6.45) is 4.97. The summed E-state index contributed by atoms with van der Waals surface area (Å²) in [6.45, 7) is 0. The lowest BCUT2D eigenvalue weighted by Crippen LogP contribution is -2.47. The Kier molecular flexibility index (Phi) is 7.95. The van der Waals surface area contributed by atoms with Gasteiger partial charge < -0.3 is 5.32 Å². The fourth-order valence-electron chi connectivity index (χ4n) is 4.31. The lowest BCUT2D eigenvalue weighted by atomic mass is 9.94. The van der Waals surface area contributed by atoms with Crippen molar-refractivity contribution in [1.82, 2.24) is 5.32 Å². The van der Waals surface area contributed by atoms with Crippen LogP contribution in [0.5, 0.6) is 0 Å². The van der Waals surface area contributed by atoms with E-state index in [9.17, 15) is 18.4 Å². The summed E-state index contributed by atoms with van der Waals surface area (Å²) in [5, 5.41) is 6.67. The van der Waals surface area contributed by atoms with Crippen LogP contribution in [0, 0.1) is 11.6 Å². The van der Waals surface area contributed by atoms with Crippen molar-refractivity contribution in [2.45, 2.75) is 50.6 Å². The Morgan fingerprint density at radius 1 is 1.06 bits per heavy atom. The van der Waals surface area contributed by atoms with Gasteiger partial charge in [0.05, 0.1) is 11.4 Å². The van der Waals surface area contributed by atoms with Crippen molar-refractivity contribution in [3.05, 3.63) is 87.1 Å². The summed E-state index contributed by atoms with van der Waals surface area (Å²) >= 11 is 7.52. The van der Waals surface area contributed by atoms with Gasteiger partial charge in [-0.3, -0.25) is 14.5 Å². The van der Waals surface area contributed by atoms with Crippen molar-refractivity contribution in [2.75, 3.05) is 4.90 Å². The van der Waals surface area contributed by atoms with Gasteiger partial charge in [-0.25, -0.2) is 8.78 Å². The SMILES string of the molecule is O=C(NC1CCCCC1)[C@@H](c1ccc(F)cc1)N(C(=O)Cc1ccsc1)c1ccc(F)c(Cl)c1. The van der Waals surface area contributed by atoms with Gasteiger partial charge >= 0.3 is 0 Å². The number of thiophene rings is 1. The van der Waals surface area contributed by atoms with Gasteiger partial charge in [0.15, 0.2) is 0 Å². The van der Waals surface area contributed by atoms with Crippen LogP contribution in [-0.2, 0) is 16.0 Å². The van der Waals surface area contributed by atoms with E-state index in [4.69, 9.17) is 11.6 Å². The first kappa shape index (κ1) is 24.4. The first-order valence-corrected chi connectivity index (χ1v) is 12.6. The van der Waals surface area contributed by atoms with Crippen LogP contribution in [-0.4, -0.2) is 17.9 Å². The third-order valence-electron chi connectivity index (χ3n) is 6.03. The molecule has 2 amide bonds. The number of carbonyl (C=O) groups excluding carboxylic acids is 2. The Morgan fingerprint density at radius 2 is 1.79 bits per heavy atom. The summed E-state index contributed by atoms with van der Waals surface area (Å²) in [7, 11) is 0. The highest BCUT2D eigenvalue weighted by Gasteiger charge is 2.34. The maximum absolute atomic E-state index is 13.9. The van der Waals surface area contributed by atoms with Crippen molar-refractivity contribution in [2.24, 2.45) is 0 Å². The van der Waals surface area contributed by atoms with Crippen LogP contribution < -0.4 is 10.2 Å². The molecule has 1 atom stereocenters. The Labute approximate surface area is 206 Å². The molecule has 34 heavy (non-hydrogen) atoms. The highest BCUT2D eigenvalue weighted by molar-refractivity contribution is 7.08. The molecule has 0 radical (unpaired) electrons. The topological polar surface area (TPSA) is 49.4 Å². The predicted molar refractivity (Wildman–Crippen MR) is 131 cm³/mol. The second kappa shape index (κ2) is 11.1. The molecule has 1 aliphatic rings. The number of carbonyl (C=O) groups is 2. The van der Waals surface area contributed by atoms with Crippen molar-refractivity contribution >= 4 is 40.4 Å². The fraction of sp³-hybridized carbons (Fsp3) is 0.308. The van der Waals surface area contributed by atoms with Crippen molar-refractivity contribution < 1.29 is 18.4 Å². The number of hydrogen-bond donors (Lipinski definition) is 1. The normalized spacial score (nSPS) is 15.0. The molecule has 1 N–H and O–H groups in total. The molecule has 0 bridgehead atoms. The third-order valence-corrected chi connectivity index (χ3v) is 7.05. The number of halogens is 3. The Bertz CT molecular complexity index is 1130. The summed E-state index contributed by atoms with van der Waals surface area (Å²) in [4.78, 5) is 28.6. The molecule has 1 saturated carbocycles. The third kappa shape index (κ3) is 5.83. The van der Waals surface area contributed by atoms with Crippen molar-refractivity contribution in [1.29, 1.82) is 0 Å². The molecule has 4 nitrogen and oxygen atoms in total. The smallest absolute Gasteiger partial charge is 0.248 e. The van der Waals surface area contributed by atoms with Crippen molar-refractivity contribution in [3.63, 3.8) is 0 Å². The average molecular weight is 503 g/mol. The number of anilines is 1. The molecule has 1 aliphatic carbocycles. The quantitative estimate of drug-likeness (QED) is 0.404. The van der Waals surface area contributed by atoms with Crippen LogP contribution >= 0.6 is 22.9 Å². The molecule has 1 fully saturated rings. The largest absolute Gasteiger partial charge is 0.351 e. The monoisotopic (exact) mass is 502 g/mol. The summed E-state index contributed by atoms with van der Waals surface area (Å²) in [5.74, 6) is -1.79. The highest BCUT2D eigenvalue weighted by atomic mass is 35.5. The van der Waals surface area contributed by atoms with Crippen LogP contribution in [0.4, 0.5) is 14.5 Å². The first-order valence-electron chi connectivity index (χ1n) is 11.3. The number of benzene rings is 2. The molecule has 2 aromatic carbocycles. The number of nitrogens with one attached hydrogen (secondary N) is 1. The van der Waals surface area contributed by atoms with Crippen LogP contribution in [0.25, 0.3) is 0 Å². The molecule has 1 heterocycles. The Hall–Kier alpha value is -2.77. The summed E-state index contributed by atoms with van der Waals surface area (Å²) in [6, 6.07) is 10.2. The maximum Gasteiger partial charge on any atom is 0.248 e. The molecule has 3 aromatic rings. The van der Waals surface area contributed by atoms with Gasteiger partial charge in [-0.15, -0.1) is 0 Å². The molecule has 1 aromatic heterocycles. The first-order chi connectivity index (χ1) is 16.4. The van der Waals surface area contributed by atoms with Crippen LogP contribution in [0.1, 0.15) is 49.3 Å². The van der Waals surface area contributed by atoms with Crippen LogP contribution in [0.3, 0.4) is 0 Å². The van der Waals surface area contributed by atoms with Crippen molar-refractivity contribution in [3.8, 4) is 0 Å². The standard InChI is InChI=1S/C26H25ClF2N2O2S/c27-22-15-21(10-11-23(22)29)31(24(32)14-17-12-13-34-16-17)25(18-6-8-19(28)9-7-18)26(33)30-20-4-2-1-3-5-20/h6-13,15-16,20,25H,1-5,14H2,(H,30,33)/t25-/m1/s1. The van der Waals surface area contributed by atoms with Gasteiger partial charge in [0.1, 0.15) is 17.7 Å². The number of nitrogens with zero attached hydrogens (tertiary/aromatic N) is 1. The van der Waals surface area contributed by atoms with Gasteiger partial charge in [-0.05, 0) is 71.1 Å². The average Bonchev–Trinajstić information content (AvgIpc) is 3.33. The molecule has 0 unspecified atom stereocenters. The zero-order chi connectivity index (χ0) is 24.1. The number of amides is 2. The number of hydrogen-bond acceptors (Lipinski definition) is 3. The molecule has 0 aliphatic heterocycles. The lowest BCUT2D eigenvalue weighted by Gasteiger charge is -2.33. The second-order valence-electron chi connectivity index (χ2n) is 8.47. The fourth-order valence-corrected chi connectivity index (χ4v) is 5.16.